The van der Waals surface area contributed by atoms with Gasteiger partial charge >= 0.3 is 5.97 Å². The van der Waals surface area contributed by atoms with Crippen LogP contribution in [0, 0.1) is 0 Å². The number of piperidine rings is 1. The van der Waals surface area contributed by atoms with E-state index >= 15 is 0 Å². The number of carbonyl (C=O) groups excluding carboxylic acids is 1. The Hall–Kier alpha value is -1.14. The summed E-state index contributed by atoms with van der Waals surface area (Å²) in [5.41, 5.74) is 5.86. The number of nitrogens with zero attached hydrogens (tertiary/aromatic N) is 1. The number of carboxylic acids is 1. The minimum Gasteiger partial charge on any atom is -0.481 e. The third kappa shape index (κ3) is 5.46. The van der Waals surface area contributed by atoms with E-state index < -0.39 is 5.97 Å². The lowest BCUT2D eigenvalue weighted by Gasteiger charge is -2.35. The second kappa shape index (κ2) is 7.33. The summed E-state index contributed by atoms with van der Waals surface area (Å²) in [5, 5.41) is 11.2. The van der Waals surface area contributed by atoms with Crippen LogP contribution in [0.5, 0.6) is 0 Å². The molecule has 1 heterocycles. The summed E-state index contributed by atoms with van der Waals surface area (Å²) in [7, 11) is 0. The first-order valence-electron chi connectivity index (χ1n) is 6.47. The van der Waals surface area contributed by atoms with Crippen molar-refractivity contribution in [1.29, 1.82) is 0 Å². The molecule has 0 bridgehead atoms. The predicted molar refractivity (Wildman–Crippen MR) is 68.1 cm³/mol. The van der Waals surface area contributed by atoms with Crippen molar-refractivity contribution in [3.05, 3.63) is 0 Å². The molecule has 0 aliphatic carbocycles. The zero-order chi connectivity index (χ0) is 13.5. The van der Waals surface area contributed by atoms with E-state index in [1.165, 1.54) is 0 Å². The first-order chi connectivity index (χ1) is 8.49. The summed E-state index contributed by atoms with van der Waals surface area (Å²) < 4.78 is 0. The highest BCUT2D eigenvalue weighted by molar-refractivity contribution is 5.78. The minimum atomic E-state index is -0.831. The van der Waals surface area contributed by atoms with E-state index in [9.17, 15) is 9.59 Å². The van der Waals surface area contributed by atoms with Crippen LogP contribution in [0.1, 0.15) is 32.6 Å². The van der Waals surface area contributed by atoms with E-state index in [-0.39, 0.29) is 18.4 Å². The lowest BCUT2D eigenvalue weighted by Crippen LogP contribution is -2.49. The van der Waals surface area contributed by atoms with Gasteiger partial charge in [0, 0.05) is 31.6 Å². The van der Waals surface area contributed by atoms with Gasteiger partial charge in [-0.3, -0.25) is 14.5 Å². The molecule has 1 fully saturated rings. The third-order valence-electron chi connectivity index (χ3n) is 3.29. The Bertz CT molecular complexity index is 296. The van der Waals surface area contributed by atoms with Crippen molar-refractivity contribution in [1.82, 2.24) is 10.2 Å². The maximum atomic E-state index is 11.7. The van der Waals surface area contributed by atoms with Crippen molar-refractivity contribution in [2.24, 2.45) is 5.73 Å². The molecule has 4 N–H and O–H groups in total. The Kier molecular flexibility index (Phi) is 6.07. The SMILES string of the molecule is CC1CC(N)CCN1CC(=O)NCCCC(=O)O. The third-order valence-corrected chi connectivity index (χ3v) is 3.29. The molecule has 0 aromatic heterocycles. The van der Waals surface area contributed by atoms with Gasteiger partial charge in [0.1, 0.15) is 0 Å². The van der Waals surface area contributed by atoms with Crippen molar-refractivity contribution in [3.8, 4) is 0 Å². The lowest BCUT2D eigenvalue weighted by atomic mass is 9.99. The molecule has 1 aliphatic heterocycles. The molecule has 1 aliphatic rings. The highest BCUT2D eigenvalue weighted by Crippen LogP contribution is 2.14. The number of nitrogens with two attached hydrogens (primary N) is 1. The largest absolute Gasteiger partial charge is 0.481 e. The summed E-state index contributed by atoms with van der Waals surface area (Å²) in [6.07, 6.45) is 2.42. The van der Waals surface area contributed by atoms with Gasteiger partial charge in [-0.1, -0.05) is 0 Å². The molecule has 0 spiro atoms. The monoisotopic (exact) mass is 257 g/mol. The lowest BCUT2D eigenvalue weighted by molar-refractivity contribution is -0.137. The van der Waals surface area contributed by atoms with Crippen molar-refractivity contribution >= 4 is 11.9 Å². The number of carbonyl (C=O) groups is 2. The maximum Gasteiger partial charge on any atom is 0.303 e. The van der Waals surface area contributed by atoms with Gasteiger partial charge in [-0.25, -0.2) is 0 Å². The molecule has 18 heavy (non-hydrogen) atoms. The average Bonchev–Trinajstić information content (AvgIpc) is 2.28. The van der Waals surface area contributed by atoms with Gasteiger partial charge in [0.25, 0.3) is 0 Å². The van der Waals surface area contributed by atoms with E-state index in [2.05, 4.69) is 17.1 Å². The zero-order valence-electron chi connectivity index (χ0n) is 10.9. The number of rotatable bonds is 6. The van der Waals surface area contributed by atoms with E-state index in [4.69, 9.17) is 10.8 Å². The number of amides is 1. The molecule has 104 valence electrons. The van der Waals surface area contributed by atoms with E-state index in [1.54, 1.807) is 0 Å². The average molecular weight is 257 g/mol. The number of hydrogen-bond acceptors (Lipinski definition) is 4. The first-order valence-corrected chi connectivity index (χ1v) is 6.47. The normalized spacial score (nSPS) is 24.8. The Balaban J connectivity index is 2.17. The zero-order valence-corrected chi connectivity index (χ0v) is 10.9. The predicted octanol–water partition coefficient (Wildman–Crippen LogP) is -0.221. The molecule has 2 atom stereocenters. The molecule has 1 rings (SSSR count). The highest BCUT2D eigenvalue weighted by Gasteiger charge is 2.24. The van der Waals surface area contributed by atoms with Crippen LogP contribution >= 0.6 is 0 Å². The smallest absolute Gasteiger partial charge is 0.303 e. The number of likely N-dealkylation sites (tertiary alicyclic amines) is 1. The summed E-state index contributed by atoms with van der Waals surface area (Å²) in [5.74, 6) is -0.870. The quantitative estimate of drug-likeness (QED) is 0.572. The molecule has 0 aromatic carbocycles. The summed E-state index contributed by atoms with van der Waals surface area (Å²) in [6.45, 7) is 3.73. The Morgan fingerprint density at radius 3 is 2.83 bits per heavy atom. The molecule has 0 aromatic rings. The van der Waals surface area contributed by atoms with Crippen LogP contribution in [0.4, 0.5) is 0 Å². The second-order valence-electron chi connectivity index (χ2n) is 4.95. The highest BCUT2D eigenvalue weighted by atomic mass is 16.4. The Morgan fingerprint density at radius 2 is 2.22 bits per heavy atom. The van der Waals surface area contributed by atoms with Crippen LogP contribution in [0.15, 0.2) is 0 Å². The maximum absolute atomic E-state index is 11.7. The van der Waals surface area contributed by atoms with Crippen LogP contribution in [-0.4, -0.2) is 53.6 Å². The number of carboxylic acid groups (broad SMARTS) is 1. The molecular weight excluding hydrogens is 234 g/mol. The molecule has 1 amide bonds. The summed E-state index contributed by atoms with van der Waals surface area (Å²) in [6, 6.07) is 0.577. The van der Waals surface area contributed by atoms with Gasteiger partial charge in [0.05, 0.1) is 6.54 Å². The topological polar surface area (TPSA) is 95.7 Å². The second-order valence-corrected chi connectivity index (χ2v) is 4.95. The van der Waals surface area contributed by atoms with Crippen LogP contribution in [0.25, 0.3) is 0 Å². The fourth-order valence-electron chi connectivity index (χ4n) is 2.20. The number of hydrogen-bond donors (Lipinski definition) is 3. The Morgan fingerprint density at radius 1 is 1.50 bits per heavy atom. The summed E-state index contributed by atoms with van der Waals surface area (Å²) >= 11 is 0. The molecule has 6 nitrogen and oxygen atoms in total. The van der Waals surface area contributed by atoms with Crippen molar-refractivity contribution in [3.63, 3.8) is 0 Å². The fourth-order valence-corrected chi connectivity index (χ4v) is 2.20. The van der Waals surface area contributed by atoms with E-state index in [0.29, 0.717) is 25.6 Å². The van der Waals surface area contributed by atoms with Crippen LogP contribution in [0.2, 0.25) is 0 Å². The van der Waals surface area contributed by atoms with Gasteiger partial charge in [0.2, 0.25) is 5.91 Å². The molecule has 0 radical (unpaired) electrons. The molecular formula is C12H23N3O3. The number of aliphatic carboxylic acids is 1. The molecule has 2 unspecified atom stereocenters. The molecule has 6 heteroatoms. The van der Waals surface area contributed by atoms with E-state index in [0.717, 1.165) is 19.4 Å². The summed E-state index contributed by atoms with van der Waals surface area (Å²) in [4.78, 5) is 24.1. The van der Waals surface area contributed by atoms with Gasteiger partial charge in [-0.05, 0) is 26.2 Å². The van der Waals surface area contributed by atoms with E-state index in [1.807, 2.05) is 0 Å². The standard InChI is InChI=1S/C12H23N3O3/c1-9-7-10(13)4-6-15(9)8-11(16)14-5-2-3-12(17)18/h9-10H,2-8,13H2,1H3,(H,14,16)(H,17,18). The van der Waals surface area contributed by atoms with Gasteiger partial charge in [-0.2, -0.15) is 0 Å². The fraction of sp³-hybridized carbons (Fsp3) is 0.833. The van der Waals surface area contributed by atoms with Crippen molar-refractivity contribution in [2.45, 2.75) is 44.7 Å². The molecule has 1 saturated heterocycles. The van der Waals surface area contributed by atoms with Gasteiger partial charge in [0.15, 0.2) is 0 Å². The van der Waals surface area contributed by atoms with Crippen LogP contribution in [-0.2, 0) is 9.59 Å². The van der Waals surface area contributed by atoms with Crippen LogP contribution < -0.4 is 11.1 Å². The first kappa shape index (κ1) is 14.9. The number of nitrogens with one attached hydrogen (secondary N) is 1. The minimum absolute atomic E-state index is 0.0392. The van der Waals surface area contributed by atoms with Crippen molar-refractivity contribution in [2.75, 3.05) is 19.6 Å². The Labute approximate surface area is 108 Å². The van der Waals surface area contributed by atoms with Gasteiger partial charge < -0.3 is 16.2 Å². The van der Waals surface area contributed by atoms with Crippen molar-refractivity contribution < 1.29 is 14.7 Å². The van der Waals surface area contributed by atoms with Gasteiger partial charge in [-0.15, -0.1) is 0 Å². The van der Waals surface area contributed by atoms with Crippen LogP contribution in [0.3, 0.4) is 0 Å². The molecule has 0 saturated carbocycles.